The fourth-order valence-corrected chi connectivity index (χ4v) is 1.39. The quantitative estimate of drug-likeness (QED) is 0.530. The molecule has 1 unspecified atom stereocenters. The maximum atomic E-state index is 11.5. The number of carbonyl (C=O) groups is 3. The molecule has 0 bridgehead atoms. The molecule has 0 aliphatic heterocycles. The van der Waals surface area contributed by atoms with Gasteiger partial charge in [-0.05, 0) is 13.3 Å². The van der Waals surface area contributed by atoms with E-state index in [9.17, 15) is 14.4 Å². The summed E-state index contributed by atoms with van der Waals surface area (Å²) in [4.78, 5) is 36.9. The van der Waals surface area contributed by atoms with Gasteiger partial charge >= 0.3 is 12.0 Å². The molecule has 0 radical (unpaired) electrons. The number of nitrogens with zero attached hydrogens (tertiary/aromatic N) is 1. The molecule has 0 aliphatic rings. The Kier molecular flexibility index (Phi) is 5.51. The van der Waals surface area contributed by atoms with Crippen LogP contribution in [0.2, 0.25) is 0 Å². The van der Waals surface area contributed by atoms with E-state index in [0.29, 0.717) is 11.7 Å². The number of aryl methyl sites for hydroxylation is 1. The zero-order valence-corrected chi connectivity index (χ0v) is 10.9. The molecule has 1 aromatic rings. The summed E-state index contributed by atoms with van der Waals surface area (Å²) in [6.07, 6.45) is 1.30. The Morgan fingerprint density at radius 1 is 1.50 bits per heavy atom. The Morgan fingerprint density at radius 2 is 2.20 bits per heavy atom. The molecule has 1 aromatic heterocycles. The lowest BCUT2D eigenvalue weighted by Crippen LogP contribution is -2.46. The minimum atomic E-state index is -1.24. The predicted octanol–water partition coefficient (Wildman–Crippen LogP) is -0.499. The molecule has 1 heterocycles. The molecule has 1 rings (SSSR count). The topological polar surface area (TPSA) is 148 Å². The van der Waals surface area contributed by atoms with Crippen LogP contribution < -0.4 is 16.4 Å². The van der Waals surface area contributed by atoms with E-state index in [1.165, 1.54) is 6.20 Å². The minimum absolute atomic E-state index is 0.0296. The number of rotatable bonds is 7. The van der Waals surface area contributed by atoms with Gasteiger partial charge in [0.1, 0.15) is 11.8 Å². The van der Waals surface area contributed by atoms with Crippen LogP contribution in [0.25, 0.3) is 0 Å². The van der Waals surface area contributed by atoms with Crippen molar-refractivity contribution in [3.63, 3.8) is 0 Å². The summed E-state index contributed by atoms with van der Waals surface area (Å²) in [5, 5.41) is 13.5. The molecule has 1 atom stereocenters. The monoisotopic (exact) mass is 284 g/mol. The molecule has 5 N–H and O–H groups in total. The lowest BCUT2D eigenvalue weighted by atomic mass is 10.1. The summed E-state index contributed by atoms with van der Waals surface area (Å²) in [6, 6.07) is -1.88. The summed E-state index contributed by atoms with van der Waals surface area (Å²) >= 11 is 0. The average molecular weight is 284 g/mol. The lowest BCUT2D eigenvalue weighted by Gasteiger charge is -2.13. The Balaban J connectivity index is 2.41. The SMILES string of the molecule is Cc1cnc(CNC(=O)NC(CCC(N)=O)C(=O)O)o1. The molecule has 0 aromatic carbocycles. The van der Waals surface area contributed by atoms with E-state index < -0.39 is 23.9 Å². The molecule has 110 valence electrons. The number of hydrogen-bond acceptors (Lipinski definition) is 5. The first kappa shape index (κ1) is 15.5. The highest BCUT2D eigenvalue weighted by atomic mass is 16.4. The van der Waals surface area contributed by atoms with Crippen molar-refractivity contribution in [1.82, 2.24) is 15.6 Å². The molecule has 0 saturated carbocycles. The number of primary amides is 1. The van der Waals surface area contributed by atoms with Crippen molar-refractivity contribution in [3.8, 4) is 0 Å². The molecule has 9 nitrogen and oxygen atoms in total. The molecule has 3 amide bonds. The first-order valence-corrected chi connectivity index (χ1v) is 5.85. The fraction of sp³-hybridized carbons (Fsp3) is 0.455. The van der Waals surface area contributed by atoms with Crippen molar-refractivity contribution in [1.29, 1.82) is 0 Å². The summed E-state index contributed by atoms with van der Waals surface area (Å²) in [5.41, 5.74) is 4.93. The number of carboxylic acid groups (broad SMARTS) is 1. The van der Waals surface area contributed by atoms with Gasteiger partial charge in [-0.25, -0.2) is 14.6 Å². The number of aliphatic carboxylic acids is 1. The van der Waals surface area contributed by atoms with E-state index in [4.69, 9.17) is 15.3 Å². The summed E-state index contributed by atoms with van der Waals surface area (Å²) in [5.74, 6) is -0.962. The Bertz CT molecular complexity index is 499. The number of nitrogens with one attached hydrogen (secondary N) is 2. The Morgan fingerprint density at radius 3 is 2.70 bits per heavy atom. The second kappa shape index (κ2) is 7.12. The van der Waals surface area contributed by atoms with Crippen LogP contribution in [-0.4, -0.2) is 34.0 Å². The largest absolute Gasteiger partial charge is 0.480 e. The summed E-state index contributed by atoms with van der Waals surface area (Å²) in [6.45, 7) is 1.74. The standard InChI is InChI=1S/C11H16N4O5/c1-6-4-13-9(20-6)5-14-11(19)15-7(10(17)18)2-3-8(12)16/h4,7H,2-3,5H2,1H3,(H2,12,16)(H,17,18)(H2,14,15,19). The van der Waals surface area contributed by atoms with Gasteiger partial charge in [-0.15, -0.1) is 0 Å². The Labute approximate surface area is 114 Å². The highest BCUT2D eigenvalue weighted by Gasteiger charge is 2.20. The molecule has 20 heavy (non-hydrogen) atoms. The van der Waals surface area contributed by atoms with Crippen LogP contribution in [0.3, 0.4) is 0 Å². The third kappa shape index (κ3) is 5.38. The number of carbonyl (C=O) groups excluding carboxylic acids is 2. The van der Waals surface area contributed by atoms with Crippen LogP contribution in [-0.2, 0) is 16.1 Å². The van der Waals surface area contributed by atoms with E-state index >= 15 is 0 Å². The normalized spacial score (nSPS) is 11.7. The highest BCUT2D eigenvalue weighted by molar-refractivity contribution is 5.83. The van der Waals surface area contributed by atoms with Gasteiger partial charge in [0.2, 0.25) is 11.8 Å². The van der Waals surface area contributed by atoms with E-state index in [-0.39, 0.29) is 19.4 Å². The second-order valence-corrected chi connectivity index (χ2v) is 4.09. The van der Waals surface area contributed by atoms with Gasteiger partial charge in [0.05, 0.1) is 12.7 Å². The van der Waals surface area contributed by atoms with Crippen molar-refractivity contribution in [2.24, 2.45) is 5.73 Å². The molecule has 0 saturated heterocycles. The lowest BCUT2D eigenvalue weighted by molar-refractivity contribution is -0.139. The number of amides is 3. The third-order valence-electron chi connectivity index (χ3n) is 2.35. The van der Waals surface area contributed by atoms with E-state index in [1.54, 1.807) is 6.92 Å². The van der Waals surface area contributed by atoms with Crippen LogP contribution in [0.5, 0.6) is 0 Å². The number of oxazole rings is 1. The van der Waals surface area contributed by atoms with E-state index in [1.807, 2.05) is 0 Å². The van der Waals surface area contributed by atoms with Crippen molar-refractivity contribution >= 4 is 17.9 Å². The molecular weight excluding hydrogens is 268 g/mol. The maximum Gasteiger partial charge on any atom is 0.326 e. The predicted molar refractivity (Wildman–Crippen MR) is 66.5 cm³/mol. The van der Waals surface area contributed by atoms with E-state index in [0.717, 1.165) is 0 Å². The number of urea groups is 1. The second-order valence-electron chi connectivity index (χ2n) is 4.09. The molecule has 0 spiro atoms. The van der Waals surface area contributed by atoms with Gasteiger partial charge in [-0.3, -0.25) is 4.79 Å². The molecule has 0 fully saturated rings. The smallest absolute Gasteiger partial charge is 0.326 e. The maximum absolute atomic E-state index is 11.5. The van der Waals surface area contributed by atoms with Crippen LogP contribution in [0.15, 0.2) is 10.6 Å². The average Bonchev–Trinajstić information content (AvgIpc) is 2.77. The highest BCUT2D eigenvalue weighted by Crippen LogP contribution is 2.01. The van der Waals surface area contributed by atoms with Crippen molar-refractivity contribution in [3.05, 3.63) is 17.8 Å². The molecular formula is C11H16N4O5. The number of nitrogens with two attached hydrogens (primary N) is 1. The third-order valence-corrected chi connectivity index (χ3v) is 2.35. The van der Waals surface area contributed by atoms with Crippen molar-refractivity contribution in [2.75, 3.05) is 0 Å². The first-order valence-electron chi connectivity index (χ1n) is 5.85. The number of carboxylic acids is 1. The van der Waals surface area contributed by atoms with Crippen molar-refractivity contribution < 1.29 is 23.9 Å². The fourth-order valence-electron chi connectivity index (χ4n) is 1.39. The zero-order chi connectivity index (χ0) is 15.1. The number of hydrogen-bond donors (Lipinski definition) is 4. The van der Waals surface area contributed by atoms with Gasteiger partial charge in [-0.1, -0.05) is 0 Å². The van der Waals surface area contributed by atoms with Gasteiger partial charge in [0.15, 0.2) is 0 Å². The van der Waals surface area contributed by atoms with Gasteiger partial charge in [0, 0.05) is 6.42 Å². The van der Waals surface area contributed by atoms with Gasteiger partial charge in [-0.2, -0.15) is 0 Å². The number of aromatic nitrogens is 1. The van der Waals surface area contributed by atoms with Gasteiger partial charge < -0.3 is 25.9 Å². The van der Waals surface area contributed by atoms with Gasteiger partial charge in [0.25, 0.3) is 0 Å². The Hall–Kier alpha value is -2.58. The van der Waals surface area contributed by atoms with Crippen LogP contribution in [0.1, 0.15) is 24.5 Å². The van der Waals surface area contributed by atoms with Crippen molar-refractivity contribution in [2.45, 2.75) is 32.4 Å². The van der Waals surface area contributed by atoms with Crippen LogP contribution in [0.4, 0.5) is 4.79 Å². The zero-order valence-electron chi connectivity index (χ0n) is 10.9. The first-order chi connectivity index (χ1) is 9.38. The van der Waals surface area contributed by atoms with E-state index in [2.05, 4.69) is 15.6 Å². The summed E-state index contributed by atoms with van der Waals surface area (Å²) in [7, 11) is 0. The molecule has 9 heteroatoms. The summed E-state index contributed by atoms with van der Waals surface area (Å²) < 4.78 is 5.13. The van der Waals surface area contributed by atoms with Crippen LogP contribution >= 0.6 is 0 Å². The minimum Gasteiger partial charge on any atom is -0.480 e. The molecule has 0 aliphatic carbocycles. The van der Waals surface area contributed by atoms with Crippen LogP contribution in [0, 0.1) is 6.92 Å².